The van der Waals surface area contributed by atoms with Gasteiger partial charge in [0.2, 0.25) is 5.91 Å². The molecule has 4 N–H and O–H groups in total. The fourth-order valence-corrected chi connectivity index (χ4v) is 3.06. The van der Waals surface area contributed by atoms with E-state index in [1.54, 1.807) is 20.8 Å². The highest BCUT2D eigenvalue weighted by atomic mass is 16.6. The minimum Gasteiger partial charge on any atom is -0.481 e. The molecule has 2 amide bonds. The summed E-state index contributed by atoms with van der Waals surface area (Å²) in [5.74, 6) is -3.28. The Morgan fingerprint density at radius 3 is 2.19 bits per heavy atom. The molecule has 0 heterocycles. The van der Waals surface area contributed by atoms with Gasteiger partial charge in [0.15, 0.2) is 0 Å². The van der Waals surface area contributed by atoms with Crippen LogP contribution >= 0.6 is 0 Å². The maximum atomic E-state index is 12.9. The molecule has 2 aromatic carbocycles. The molecule has 0 aliphatic rings. The molecule has 172 valence electrons. The lowest BCUT2D eigenvalue weighted by Crippen LogP contribution is -2.53. The van der Waals surface area contributed by atoms with Crippen molar-refractivity contribution in [3.8, 4) is 0 Å². The average molecular weight is 444 g/mol. The number of carbonyl (C=O) groups excluding carboxylic acids is 2. The molecule has 9 nitrogen and oxygen atoms in total. The number of fused-ring (bicyclic) bond motifs is 1. The number of benzene rings is 2. The molecule has 2 rings (SSSR count). The first kappa shape index (κ1) is 24.6. The number of rotatable bonds is 9. The Balaban J connectivity index is 2.23. The standard InChI is InChI=1S/C23H28N2O7/c1-23(2,3)32-22(31)25-18(20(28)24-17(21(29)30)10-11-19(26)27)13-14-8-9-15-6-4-5-7-16(15)12-14/h4-9,12,17-18H,10-11,13H2,1-3H3,(H,24,28)(H,25,31)(H,26,27)(H,29,30)/t17-,18-/m0/s1. The summed E-state index contributed by atoms with van der Waals surface area (Å²) in [5, 5.41) is 24.9. The molecule has 0 spiro atoms. The fourth-order valence-electron chi connectivity index (χ4n) is 3.06. The highest BCUT2D eigenvalue weighted by Gasteiger charge is 2.29. The second-order valence-electron chi connectivity index (χ2n) is 8.42. The van der Waals surface area contributed by atoms with Crippen LogP contribution in [0.5, 0.6) is 0 Å². The Labute approximate surface area is 185 Å². The van der Waals surface area contributed by atoms with E-state index in [1.165, 1.54) is 0 Å². The number of alkyl carbamates (subject to hydrolysis) is 1. The normalized spacial score (nSPS) is 13.1. The van der Waals surface area contributed by atoms with Crippen molar-refractivity contribution in [2.24, 2.45) is 0 Å². The number of carbonyl (C=O) groups is 4. The molecule has 0 unspecified atom stereocenters. The Morgan fingerprint density at radius 2 is 1.59 bits per heavy atom. The van der Waals surface area contributed by atoms with Gasteiger partial charge < -0.3 is 25.6 Å². The lowest BCUT2D eigenvalue weighted by molar-refractivity contribution is -0.143. The summed E-state index contributed by atoms with van der Waals surface area (Å²) in [4.78, 5) is 47.4. The Morgan fingerprint density at radius 1 is 0.938 bits per heavy atom. The minimum atomic E-state index is -1.40. The number of carboxylic acid groups (broad SMARTS) is 2. The van der Waals surface area contributed by atoms with Crippen LogP contribution in [-0.4, -0.2) is 51.8 Å². The van der Waals surface area contributed by atoms with E-state index < -0.39 is 48.0 Å². The summed E-state index contributed by atoms with van der Waals surface area (Å²) in [5.41, 5.74) is -0.0450. The van der Waals surface area contributed by atoms with Gasteiger partial charge in [-0.15, -0.1) is 0 Å². The van der Waals surface area contributed by atoms with E-state index in [0.717, 1.165) is 16.3 Å². The van der Waals surface area contributed by atoms with E-state index in [4.69, 9.17) is 9.84 Å². The molecule has 0 radical (unpaired) electrons. The quantitative estimate of drug-likeness (QED) is 0.466. The maximum Gasteiger partial charge on any atom is 0.408 e. The zero-order valence-corrected chi connectivity index (χ0v) is 18.3. The molecule has 0 saturated heterocycles. The highest BCUT2D eigenvalue weighted by molar-refractivity contribution is 5.90. The number of ether oxygens (including phenoxy) is 1. The summed E-state index contributed by atoms with van der Waals surface area (Å²) >= 11 is 0. The van der Waals surface area contributed by atoms with E-state index in [0.29, 0.717) is 0 Å². The van der Waals surface area contributed by atoms with E-state index in [9.17, 15) is 24.3 Å². The molecule has 0 aromatic heterocycles. The number of hydrogen-bond acceptors (Lipinski definition) is 5. The SMILES string of the molecule is CC(C)(C)OC(=O)N[C@@H](Cc1ccc2ccccc2c1)C(=O)N[C@@H](CCC(=O)O)C(=O)O. The van der Waals surface area contributed by atoms with Crippen molar-refractivity contribution in [2.45, 2.75) is 57.7 Å². The van der Waals surface area contributed by atoms with Gasteiger partial charge in [-0.3, -0.25) is 9.59 Å². The van der Waals surface area contributed by atoms with Crippen LogP contribution in [0.3, 0.4) is 0 Å². The van der Waals surface area contributed by atoms with E-state index >= 15 is 0 Å². The third kappa shape index (κ3) is 7.90. The molecule has 0 saturated carbocycles. The van der Waals surface area contributed by atoms with Gasteiger partial charge in [0, 0.05) is 12.8 Å². The van der Waals surface area contributed by atoms with Crippen molar-refractivity contribution in [3.05, 3.63) is 48.0 Å². The summed E-state index contributed by atoms with van der Waals surface area (Å²) in [6, 6.07) is 10.7. The molecular formula is C23H28N2O7. The van der Waals surface area contributed by atoms with Gasteiger partial charge in [0.1, 0.15) is 17.7 Å². The van der Waals surface area contributed by atoms with Crippen LogP contribution in [0, 0.1) is 0 Å². The van der Waals surface area contributed by atoms with Crippen molar-refractivity contribution in [1.29, 1.82) is 0 Å². The van der Waals surface area contributed by atoms with Crippen LogP contribution < -0.4 is 10.6 Å². The molecule has 2 aromatic rings. The van der Waals surface area contributed by atoms with Crippen molar-refractivity contribution in [2.75, 3.05) is 0 Å². The van der Waals surface area contributed by atoms with Gasteiger partial charge in [0.05, 0.1) is 0 Å². The third-order valence-corrected chi connectivity index (χ3v) is 4.52. The number of aliphatic carboxylic acids is 2. The van der Waals surface area contributed by atoms with Crippen LogP contribution in [0.15, 0.2) is 42.5 Å². The zero-order chi connectivity index (χ0) is 23.9. The zero-order valence-electron chi connectivity index (χ0n) is 18.3. The van der Waals surface area contributed by atoms with E-state index in [1.807, 2.05) is 42.5 Å². The van der Waals surface area contributed by atoms with Gasteiger partial charge in [0.25, 0.3) is 0 Å². The van der Waals surface area contributed by atoms with Gasteiger partial charge in [-0.25, -0.2) is 9.59 Å². The first-order chi connectivity index (χ1) is 14.9. The topological polar surface area (TPSA) is 142 Å². The lowest BCUT2D eigenvalue weighted by Gasteiger charge is -2.24. The number of nitrogens with one attached hydrogen (secondary N) is 2. The van der Waals surface area contributed by atoms with E-state index in [-0.39, 0.29) is 12.8 Å². The van der Waals surface area contributed by atoms with Crippen molar-refractivity contribution < 1.29 is 34.1 Å². The lowest BCUT2D eigenvalue weighted by atomic mass is 10.0. The molecule has 0 fully saturated rings. The number of amides is 2. The molecule has 0 aliphatic carbocycles. The maximum absolute atomic E-state index is 12.9. The van der Waals surface area contributed by atoms with Gasteiger partial charge in [-0.05, 0) is 43.5 Å². The number of carboxylic acids is 2. The van der Waals surface area contributed by atoms with Crippen LogP contribution in [0.1, 0.15) is 39.2 Å². The van der Waals surface area contributed by atoms with Crippen molar-refractivity contribution >= 4 is 34.7 Å². The largest absolute Gasteiger partial charge is 0.481 e. The average Bonchev–Trinajstić information content (AvgIpc) is 2.68. The Hall–Kier alpha value is -3.62. The molecule has 9 heteroatoms. The molecule has 0 aliphatic heterocycles. The van der Waals surface area contributed by atoms with Gasteiger partial charge in [-0.2, -0.15) is 0 Å². The summed E-state index contributed by atoms with van der Waals surface area (Å²) in [6.45, 7) is 5.03. The summed E-state index contributed by atoms with van der Waals surface area (Å²) in [6.07, 6.45) is -1.45. The first-order valence-electron chi connectivity index (χ1n) is 10.2. The van der Waals surface area contributed by atoms with Crippen LogP contribution in [0.25, 0.3) is 10.8 Å². The van der Waals surface area contributed by atoms with E-state index in [2.05, 4.69) is 10.6 Å². The second kappa shape index (κ2) is 10.6. The highest BCUT2D eigenvalue weighted by Crippen LogP contribution is 2.17. The fraction of sp³-hybridized carbons (Fsp3) is 0.391. The van der Waals surface area contributed by atoms with Crippen LogP contribution in [-0.2, 0) is 25.5 Å². The van der Waals surface area contributed by atoms with Gasteiger partial charge in [-0.1, -0.05) is 42.5 Å². The van der Waals surface area contributed by atoms with Crippen LogP contribution in [0.4, 0.5) is 4.79 Å². The third-order valence-electron chi connectivity index (χ3n) is 4.52. The number of hydrogen-bond donors (Lipinski definition) is 4. The van der Waals surface area contributed by atoms with Crippen molar-refractivity contribution in [3.63, 3.8) is 0 Å². The Kier molecular flexibility index (Phi) is 8.17. The smallest absolute Gasteiger partial charge is 0.408 e. The van der Waals surface area contributed by atoms with Gasteiger partial charge >= 0.3 is 18.0 Å². The molecule has 0 bridgehead atoms. The summed E-state index contributed by atoms with van der Waals surface area (Å²) in [7, 11) is 0. The first-order valence-corrected chi connectivity index (χ1v) is 10.2. The molecule has 32 heavy (non-hydrogen) atoms. The minimum absolute atomic E-state index is 0.0845. The monoisotopic (exact) mass is 444 g/mol. The molecule has 2 atom stereocenters. The molecular weight excluding hydrogens is 416 g/mol. The predicted octanol–water partition coefficient (Wildman–Crippen LogP) is 2.71. The van der Waals surface area contributed by atoms with Crippen molar-refractivity contribution in [1.82, 2.24) is 10.6 Å². The second-order valence-corrected chi connectivity index (χ2v) is 8.42. The van der Waals surface area contributed by atoms with Crippen LogP contribution in [0.2, 0.25) is 0 Å². The summed E-state index contributed by atoms with van der Waals surface area (Å²) < 4.78 is 5.23. The predicted molar refractivity (Wildman–Crippen MR) is 117 cm³/mol. The Bertz CT molecular complexity index is 997.